The summed E-state index contributed by atoms with van der Waals surface area (Å²) in [5.41, 5.74) is 1.45. The van der Waals surface area contributed by atoms with Gasteiger partial charge >= 0.3 is 6.09 Å². The van der Waals surface area contributed by atoms with Gasteiger partial charge in [0.1, 0.15) is 12.1 Å². The molecule has 0 radical (unpaired) electrons. The quantitative estimate of drug-likeness (QED) is 0.801. The van der Waals surface area contributed by atoms with Crippen molar-refractivity contribution in [2.75, 3.05) is 24.5 Å². The molecule has 2 heterocycles. The Morgan fingerprint density at radius 1 is 1.32 bits per heavy atom. The maximum absolute atomic E-state index is 12.4. The molecule has 0 bridgehead atoms. The van der Waals surface area contributed by atoms with E-state index in [1.807, 2.05) is 12.1 Å². The Morgan fingerprint density at radius 3 is 2.84 bits per heavy atom. The topological polar surface area (TPSA) is 96.7 Å². The minimum atomic E-state index is -1.04. The zero-order valence-corrected chi connectivity index (χ0v) is 15.2. The number of nitriles is 1. The van der Waals surface area contributed by atoms with Crippen LogP contribution in [0, 0.1) is 11.3 Å². The van der Waals surface area contributed by atoms with Crippen LogP contribution in [0.2, 0.25) is 0 Å². The smallest absolute Gasteiger partial charge is 0.407 e. The minimum Gasteiger partial charge on any atom is -0.465 e. The molecule has 2 fully saturated rings. The fraction of sp³-hybridized carbons (Fsp3) is 0.471. The van der Waals surface area contributed by atoms with Gasteiger partial charge < -0.3 is 15.3 Å². The summed E-state index contributed by atoms with van der Waals surface area (Å²) >= 11 is 3.37. The second-order valence-corrected chi connectivity index (χ2v) is 7.26. The number of carbonyl (C=O) groups excluding carboxylic acids is 1. The summed E-state index contributed by atoms with van der Waals surface area (Å²) in [6.07, 6.45) is 1.01. The lowest BCUT2D eigenvalue weighted by Gasteiger charge is -2.24. The van der Waals surface area contributed by atoms with Crippen LogP contribution in [0.15, 0.2) is 22.7 Å². The molecule has 7 nitrogen and oxygen atoms in total. The Kier molecular flexibility index (Phi) is 5.13. The average Bonchev–Trinajstić information content (AvgIpc) is 3.23. The number of nitrogens with zero attached hydrogens (tertiary/aromatic N) is 3. The zero-order chi connectivity index (χ0) is 18.0. The molecule has 0 unspecified atom stereocenters. The van der Waals surface area contributed by atoms with E-state index in [9.17, 15) is 14.9 Å². The first-order valence-corrected chi connectivity index (χ1v) is 9.03. The lowest BCUT2D eigenvalue weighted by Crippen LogP contribution is -2.49. The molecule has 2 aliphatic rings. The third-order valence-electron chi connectivity index (χ3n) is 4.76. The molecule has 2 aliphatic heterocycles. The van der Waals surface area contributed by atoms with E-state index in [-0.39, 0.29) is 11.9 Å². The summed E-state index contributed by atoms with van der Waals surface area (Å²) in [6, 6.07) is 7.14. The first kappa shape index (κ1) is 17.5. The molecule has 2 saturated heterocycles. The fourth-order valence-electron chi connectivity index (χ4n) is 3.54. The number of halogens is 1. The Hall–Kier alpha value is -2.27. The zero-order valence-electron chi connectivity index (χ0n) is 13.6. The maximum Gasteiger partial charge on any atom is 0.407 e. The van der Waals surface area contributed by atoms with Crippen LogP contribution in [0.25, 0.3) is 0 Å². The number of likely N-dealkylation sites (tertiary alicyclic amines) is 1. The van der Waals surface area contributed by atoms with Gasteiger partial charge in [0, 0.05) is 30.1 Å². The number of benzene rings is 1. The van der Waals surface area contributed by atoms with Gasteiger partial charge in [-0.05, 0) is 37.5 Å². The number of nitrogens with one attached hydrogen (secondary N) is 1. The Morgan fingerprint density at radius 2 is 2.12 bits per heavy atom. The van der Waals surface area contributed by atoms with Crippen molar-refractivity contribution in [1.29, 1.82) is 5.26 Å². The molecule has 8 heteroatoms. The van der Waals surface area contributed by atoms with Crippen LogP contribution in [-0.2, 0) is 4.79 Å². The molecule has 0 aromatic heterocycles. The second kappa shape index (κ2) is 7.31. The van der Waals surface area contributed by atoms with E-state index in [0.29, 0.717) is 31.5 Å². The average molecular weight is 407 g/mol. The molecule has 25 heavy (non-hydrogen) atoms. The number of hydrogen-bond donors (Lipinski definition) is 2. The van der Waals surface area contributed by atoms with E-state index in [0.717, 1.165) is 23.1 Å². The number of carbonyl (C=O) groups is 2. The third-order valence-corrected chi connectivity index (χ3v) is 5.25. The van der Waals surface area contributed by atoms with Crippen LogP contribution in [-0.4, -0.2) is 53.7 Å². The highest BCUT2D eigenvalue weighted by Crippen LogP contribution is 2.27. The summed E-state index contributed by atoms with van der Waals surface area (Å²) in [6.45, 7) is 1.77. The number of hydrogen-bond acceptors (Lipinski definition) is 4. The van der Waals surface area contributed by atoms with Gasteiger partial charge in [0.05, 0.1) is 11.3 Å². The monoisotopic (exact) mass is 406 g/mol. The first-order chi connectivity index (χ1) is 12.0. The van der Waals surface area contributed by atoms with Crippen molar-refractivity contribution >= 4 is 33.6 Å². The largest absolute Gasteiger partial charge is 0.465 e. The predicted molar refractivity (Wildman–Crippen MR) is 95.4 cm³/mol. The van der Waals surface area contributed by atoms with Crippen molar-refractivity contribution in [1.82, 2.24) is 10.2 Å². The van der Waals surface area contributed by atoms with Gasteiger partial charge in [-0.3, -0.25) is 9.69 Å². The summed E-state index contributed by atoms with van der Waals surface area (Å²) in [4.78, 5) is 26.9. The molecular weight excluding hydrogens is 388 g/mol. The minimum absolute atomic E-state index is 0.0427. The van der Waals surface area contributed by atoms with Crippen LogP contribution < -0.4 is 10.2 Å². The van der Waals surface area contributed by atoms with Crippen LogP contribution in [0.4, 0.5) is 10.5 Å². The number of amides is 2. The molecule has 0 spiro atoms. The maximum atomic E-state index is 12.4. The summed E-state index contributed by atoms with van der Waals surface area (Å²) in [7, 11) is 0. The van der Waals surface area contributed by atoms with Crippen molar-refractivity contribution in [3.8, 4) is 6.07 Å². The highest BCUT2D eigenvalue weighted by molar-refractivity contribution is 9.10. The van der Waals surface area contributed by atoms with Gasteiger partial charge in [0.2, 0.25) is 5.91 Å². The van der Waals surface area contributed by atoms with E-state index in [1.165, 1.54) is 4.90 Å². The van der Waals surface area contributed by atoms with E-state index in [2.05, 4.69) is 32.2 Å². The van der Waals surface area contributed by atoms with E-state index in [1.54, 1.807) is 6.07 Å². The highest BCUT2D eigenvalue weighted by atomic mass is 79.9. The van der Waals surface area contributed by atoms with Crippen LogP contribution in [0.3, 0.4) is 0 Å². The number of anilines is 1. The van der Waals surface area contributed by atoms with Gasteiger partial charge in [-0.2, -0.15) is 5.26 Å². The van der Waals surface area contributed by atoms with Crippen molar-refractivity contribution in [3.05, 3.63) is 28.2 Å². The van der Waals surface area contributed by atoms with E-state index in [4.69, 9.17) is 5.11 Å². The molecule has 1 aromatic rings. The Labute approximate surface area is 154 Å². The van der Waals surface area contributed by atoms with E-state index < -0.39 is 12.1 Å². The summed E-state index contributed by atoms with van der Waals surface area (Å²) in [5.74, 6) is -0.219. The van der Waals surface area contributed by atoms with Crippen molar-refractivity contribution < 1.29 is 14.7 Å². The molecule has 0 aliphatic carbocycles. The molecule has 2 N–H and O–H groups in total. The van der Waals surface area contributed by atoms with Gasteiger partial charge in [0.15, 0.2) is 0 Å². The SMILES string of the molecule is N#Cc1cc(Br)ccc1N1CC[C@H](NC(=O)[C@@H]2CCCN2C(=O)O)C1. The normalized spacial score (nSPS) is 22.7. The molecule has 2 amide bonds. The van der Waals surface area contributed by atoms with E-state index >= 15 is 0 Å². The Balaban J connectivity index is 1.63. The molecule has 1 aromatic carbocycles. The molecule has 0 saturated carbocycles. The second-order valence-electron chi connectivity index (χ2n) is 6.35. The van der Waals surface area contributed by atoms with Gasteiger partial charge in [-0.1, -0.05) is 15.9 Å². The van der Waals surface area contributed by atoms with Gasteiger partial charge in [0.25, 0.3) is 0 Å². The third kappa shape index (κ3) is 3.71. The lowest BCUT2D eigenvalue weighted by molar-refractivity contribution is -0.125. The van der Waals surface area contributed by atoms with Crippen molar-refractivity contribution in [2.45, 2.75) is 31.3 Å². The van der Waals surface area contributed by atoms with Gasteiger partial charge in [-0.15, -0.1) is 0 Å². The van der Waals surface area contributed by atoms with Crippen LogP contribution >= 0.6 is 15.9 Å². The molecule has 3 rings (SSSR count). The Bertz CT molecular complexity index is 733. The summed E-state index contributed by atoms with van der Waals surface area (Å²) in [5, 5.41) is 21.5. The highest BCUT2D eigenvalue weighted by Gasteiger charge is 2.36. The van der Waals surface area contributed by atoms with Crippen molar-refractivity contribution in [3.63, 3.8) is 0 Å². The molecule has 2 atom stereocenters. The molecular formula is C17H19BrN4O3. The summed E-state index contributed by atoms with van der Waals surface area (Å²) < 4.78 is 0.854. The lowest BCUT2D eigenvalue weighted by atomic mass is 10.1. The number of carboxylic acid groups (broad SMARTS) is 1. The van der Waals surface area contributed by atoms with Crippen LogP contribution in [0.5, 0.6) is 0 Å². The van der Waals surface area contributed by atoms with Crippen molar-refractivity contribution in [2.24, 2.45) is 0 Å². The standard InChI is InChI=1S/C17H19BrN4O3/c18-12-3-4-14(11(8-12)9-19)21-7-5-13(10-21)20-16(23)15-2-1-6-22(15)17(24)25/h3-4,8,13,15H,1-2,5-7,10H2,(H,20,23)(H,24,25)/t13-,15-/m0/s1. The predicted octanol–water partition coefficient (Wildman–Crippen LogP) is 2.16. The van der Waals surface area contributed by atoms with Gasteiger partial charge in [-0.25, -0.2) is 4.79 Å². The van der Waals surface area contributed by atoms with Crippen LogP contribution in [0.1, 0.15) is 24.8 Å². The fourth-order valence-corrected chi connectivity index (χ4v) is 3.90. The molecule has 132 valence electrons. The number of rotatable bonds is 3. The first-order valence-electron chi connectivity index (χ1n) is 8.24.